The molecule has 0 aliphatic carbocycles. The standard InChI is InChI=1S/C23H42BrN3O4Si2/c1-9-18(2)31-15-19-21-20(26(22(19)24)16-29-10-12-32(3,4)5)14-25-27(23(21)28)17-30-11-13-33(6,7)8/h14,18H,9-13,15-17H2,1-8H3. The number of aromatic nitrogens is 3. The Morgan fingerprint density at radius 1 is 1.03 bits per heavy atom. The lowest BCUT2D eigenvalue weighted by molar-refractivity contribution is 0.0503. The topological polar surface area (TPSA) is 67.5 Å². The van der Waals surface area contributed by atoms with Gasteiger partial charge in [0.25, 0.3) is 5.56 Å². The van der Waals surface area contributed by atoms with E-state index in [1.54, 1.807) is 6.20 Å². The highest BCUT2D eigenvalue weighted by atomic mass is 79.9. The molecule has 0 aliphatic heterocycles. The van der Waals surface area contributed by atoms with Gasteiger partial charge in [0, 0.05) is 34.9 Å². The monoisotopic (exact) mass is 559 g/mol. The van der Waals surface area contributed by atoms with Crippen molar-refractivity contribution in [3.05, 3.63) is 26.7 Å². The number of fused-ring (bicyclic) bond motifs is 1. The van der Waals surface area contributed by atoms with Gasteiger partial charge in [0.2, 0.25) is 0 Å². The molecule has 0 saturated heterocycles. The second-order valence-electron chi connectivity index (χ2n) is 11.1. The molecule has 2 rings (SSSR count). The van der Waals surface area contributed by atoms with E-state index in [9.17, 15) is 4.79 Å². The Labute approximate surface area is 208 Å². The zero-order valence-corrected chi connectivity index (χ0v) is 25.3. The number of halogens is 1. The molecule has 10 heteroatoms. The van der Waals surface area contributed by atoms with Crippen LogP contribution in [0.1, 0.15) is 25.8 Å². The summed E-state index contributed by atoms with van der Waals surface area (Å²) in [5.74, 6) is 0. The summed E-state index contributed by atoms with van der Waals surface area (Å²) in [5.41, 5.74) is 1.42. The van der Waals surface area contributed by atoms with Crippen LogP contribution in [0.4, 0.5) is 0 Å². The minimum atomic E-state index is -1.19. The van der Waals surface area contributed by atoms with Crippen molar-refractivity contribution in [3.8, 4) is 0 Å². The van der Waals surface area contributed by atoms with Gasteiger partial charge < -0.3 is 18.8 Å². The van der Waals surface area contributed by atoms with Crippen LogP contribution in [-0.4, -0.2) is 49.8 Å². The molecule has 2 heterocycles. The van der Waals surface area contributed by atoms with Gasteiger partial charge in [0.15, 0.2) is 0 Å². The summed E-state index contributed by atoms with van der Waals surface area (Å²) in [7, 11) is -2.36. The van der Waals surface area contributed by atoms with Gasteiger partial charge >= 0.3 is 0 Å². The largest absolute Gasteiger partial charge is 0.374 e. The highest BCUT2D eigenvalue weighted by Gasteiger charge is 2.21. The predicted octanol–water partition coefficient (Wildman–Crippen LogP) is 5.90. The van der Waals surface area contributed by atoms with Crippen LogP contribution in [0, 0.1) is 0 Å². The molecule has 7 nitrogen and oxygen atoms in total. The lowest BCUT2D eigenvalue weighted by Gasteiger charge is -2.16. The van der Waals surface area contributed by atoms with E-state index in [1.165, 1.54) is 4.68 Å². The fourth-order valence-electron chi connectivity index (χ4n) is 3.10. The smallest absolute Gasteiger partial charge is 0.278 e. The first-order valence-electron chi connectivity index (χ1n) is 11.9. The molecule has 188 valence electrons. The molecule has 2 aromatic heterocycles. The summed E-state index contributed by atoms with van der Waals surface area (Å²) in [6, 6.07) is 2.14. The van der Waals surface area contributed by atoms with Crippen LogP contribution in [0.3, 0.4) is 0 Å². The summed E-state index contributed by atoms with van der Waals surface area (Å²) in [4.78, 5) is 13.4. The Kier molecular flexibility index (Phi) is 10.6. The number of nitrogens with zero attached hydrogens (tertiary/aromatic N) is 3. The molecule has 0 radical (unpaired) electrons. The third-order valence-corrected chi connectivity index (χ3v) is 9.93. The lowest BCUT2D eigenvalue weighted by Crippen LogP contribution is -2.26. The van der Waals surface area contributed by atoms with Crippen LogP contribution in [0.25, 0.3) is 10.9 Å². The number of hydrogen-bond acceptors (Lipinski definition) is 5. The van der Waals surface area contributed by atoms with E-state index < -0.39 is 16.1 Å². The highest BCUT2D eigenvalue weighted by Crippen LogP contribution is 2.29. The fourth-order valence-corrected chi connectivity index (χ4v) is 5.22. The van der Waals surface area contributed by atoms with Crippen molar-refractivity contribution in [2.75, 3.05) is 13.2 Å². The van der Waals surface area contributed by atoms with Gasteiger partial charge in [-0.2, -0.15) is 5.10 Å². The van der Waals surface area contributed by atoms with Crippen molar-refractivity contribution in [1.82, 2.24) is 14.3 Å². The molecule has 0 saturated carbocycles. The molecule has 2 aromatic rings. The number of ether oxygens (including phenoxy) is 3. The molecule has 0 amide bonds. The Morgan fingerprint density at radius 2 is 1.61 bits per heavy atom. The van der Waals surface area contributed by atoms with Crippen LogP contribution in [-0.2, 0) is 34.3 Å². The number of hydrogen-bond donors (Lipinski definition) is 0. The quantitative estimate of drug-likeness (QED) is 0.213. The Morgan fingerprint density at radius 3 is 2.15 bits per heavy atom. The van der Waals surface area contributed by atoms with Gasteiger partial charge in [-0.3, -0.25) is 4.79 Å². The molecule has 0 N–H and O–H groups in total. The maximum absolute atomic E-state index is 13.4. The zero-order chi connectivity index (χ0) is 24.8. The van der Waals surface area contributed by atoms with Crippen LogP contribution in [0.2, 0.25) is 51.4 Å². The van der Waals surface area contributed by atoms with E-state index in [1.807, 2.05) is 11.5 Å². The first-order chi connectivity index (χ1) is 15.3. The summed E-state index contributed by atoms with van der Waals surface area (Å²) in [6.45, 7) is 20.3. The molecule has 0 spiro atoms. The van der Waals surface area contributed by atoms with Crippen molar-refractivity contribution in [1.29, 1.82) is 0 Å². The minimum Gasteiger partial charge on any atom is -0.374 e. The molecule has 0 fully saturated rings. The third kappa shape index (κ3) is 8.74. The molecule has 1 atom stereocenters. The summed E-state index contributed by atoms with van der Waals surface area (Å²) in [5, 5.41) is 5.01. The first-order valence-corrected chi connectivity index (χ1v) is 20.1. The van der Waals surface area contributed by atoms with Crippen molar-refractivity contribution in [2.45, 2.75) is 97.8 Å². The average molecular weight is 561 g/mol. The molecule has 0 aromatic carbocycles. The SMILES string of the molecule is CCC(C)OCc1c(Br)n(COCC[Si](C)(C)C)c2cnn(COCC[Si](C)(C)C)c(=O)c12. The number of rotatable bonds is 14. The second-order valence-corrected chi connectivity index (χ2v) is 23.1. The molecule has 33 heavy (non-hydrogen) atoms. The second kappa shape index (κ2) is 12.3. The average Bonchev–Trinajstić information content (AvgIpc) is 2.98. The third-order valence-electron chi connectivity index (χ3n) is 5.62. The Balaban J connectivity index is 2.31. The molecule has 1 unspecified atom stereocenters. The van der Waals surface area contributed by atoms with Crippen molar-refractivity contribution in [3.63, 3.8) is 0 Å². The fraction of sp³-hybridized carbons (Fsp3) is 0.739. The summed E-state index contributed by atoms with van der Waals surface area (Å²) < 4.78 is 22.0. The van der Waals surface area contributed by atoms with Crippen molar-refractivity contribution in [2.24, 2.45) is 0 Å². The van der Waals surface area contributed by atoms with Gasteiger partial charge in [-0.05, 0) is 41.4 Å². The summed E-state index contributed by atoms with van der Waals surface area (Å²) in [6.07, 6.45) is 2.75. The van der Waals surface area contributed by atoms with E-state index in [-0.39, 0.29) is 18.4 Å². The predicted molar refractivity (Wildman–Crippen MR) is 144 cm³/mol. The molecule has 0 bridgehead atoms. The van der Waals surface area contributed by atoms with Gasteiger partial charge in [0.1, 0.15) is 13.5 Å². The molecular weight excluding hydrogens is 518 g/mol. The van der Waals surface area contributed by atoms with Gasteiger partial charge in [-0.1, -0.05) is 46.2 Å². The van der Waals surface area contributed by atoms with E-state index in [0.29, 0.717) is 31.9 Å². The molecule has 0 aliphatic rings. The minimum absolute atomic E-state index is 0.109. The van der Waals surface area contributed by atoms with E-state index >= 15 is 0 Å². The first kappa shape index (κ1) is 28.5. The van der Waals surface area contributed by atoms with Crippen LogP contribution < -0.4 is 5.56 Å². The maximum atomic E-state index is 13.4. The zero-order valence-electron chi connectivity index (χ0n) is 21.7. The van der Waals surface area contributed by atoms with E-state index in [4.69, 9.17) is 14.2 Å². The summed E-state index contributed by atoms with van der Waals surface area (Å²) >= 11 is 3.71. The van der Waals surface area contributed by atoms with Crippen LogP contribution in [0.5, 0.6) is 0 Å². The van der Waals surface area contributed by atoms with Crippen LogP contribution >= 0.6 is 15.9 Å². The Bertz CT molecular complexity index is 964. The normalized spacial score (nSPS) is 13.7. The molecular formula is C23H42BrN3O4Si2. The van der Waals surface area contributed by atoms with Gasteiger partial charge in [0.05, 0.1) is 34.4 Å². The van der Waals surface area contributed by atoms with Crippen molar-refractivity contribution >= 4 is 43.0 Å². The lowest BCUT2D eigenvalue weighted by atomic mass is 10.2. The van der Waals surface area contributed by atoms with E-state index in [2.05, 4.69) is 67.2 Å². The Hall–Kier alpha value is -0.786. The van der Waals surface area contributed by atoms with Crippen LogP contribution in [0.15, 0.2) is 15.6 Å². The van der Waals surface area contributed by atoms with Crippen molar-refractivity contribution < 1.29 is 14.2 Å². The van der Waals surface area contributed by atoms with Gasteiger partial charge in [-0.15, -0.1) is 0 Å². The van der Waals surface area contributed by atoms with E-state index in [0.717, 1.165) is 34.2 Å². The van der Waals surface area contributed by atoms with Gasteiger partial charge in [-0.25, -0.2) is 4.68 Å². The maximum Gasteiger partial charge on any atom is 0.278 e. The highest BCUT2D eigenvalue weighted by molar-refractivity contribution is 9.10.